The number of benzene rings is 1. The number of hydrogen-bond acceptors (Lipinski definition) is 2. The minimum Gasteiger partial charge on any atom is -0.338 e. The number of urea groups is 1. The van der Waals surface area contributed by atoms with Crippen LogP contribution in [0.4, 0.5) is 14.9 Å². The highest BCUT2D eigenvalue weighted by Crippen LogP contribution is 2.09. The van der Waals surface area contributed by atoms with Crippen LogP contribution in [0.1, 0.15) is 12.8 Å². The third-order valence-corrected chi connectivity index (χ3v) is 3.05. The molecule has 1 heterocycles. The molecule has 1 fully saturated rings. The van der Waals surface area contributed by atoms with E-state index in [2.05, 4.69) is 16.0 Å². The van der Waals surface area contributed by atoms with Crippen molar-refractivity contribution in [3.8, 4) is 0 Å². The van der Waals surface area contributed by atoms with Gasteiger partial charge < -0.3 is 16.0 Å². The first-order chi connectivity index (χ1) is 8.74. The topological polar surface area (TPSA) is 53.2 Å². The van der Waals surface area contributed by atoms with E-state index in [4.69, 9.17) is 0 Å². The van der Waals surface area contributed by atoms with E-state index >= 15 is 0 Å². The second kappa shape index (κ2) is 6.35. The van der Waals surface area contributed by atoms with Crippen molar-refractivity contribution in [3.63, 3.8) is 0 Å². The van der Waals surface area contributed by atoms with Crippen LogP contribution < -0.4 is 16.0 Å². The van der Waals surface area contributed by atoms with E-state index in [-0.39, 0.29) is 11.8 Å². The van der Waals surface area contributed by atoms with Crippen molar-refractivity contribution in [1.82, 2.24) is 10.6 Å². The fourth-order valence-corrected chi connectivity index (χ4v) is 2.04. The number of piperidine rings is 1. The lowest BCUT2D eigenvalue weighted by Gasteiger charge is -2.22. The van der Waals surface area contributed by atoms with Crippen LogP contribution in [0.2, 0.25) is 0 Å². The molecule has 2 rings (SSSR count). The molecular weight excluding hydrogens is 233 g/mol. The maximum Gasteiger partial charge on any atom is 0.319 e. The number of halogens is 1. The molecule has 0 spiro atoms. The van der Waals surface area contributed by atoms with Gasteiger partial charge in [0, 0.05) is 12.2 Å². The van der Waals surface area contributed by atoms with E-state index < -0.39 is 0 Å². The third-order valence-electron chi connectivity index (χ3n) is 3.05. The summed E-state index contributed by atoms with van der Waals surface area (Å²) in [6, 6.07) is 5.47. The molecule has 1 unspecified atom stereocenters. The average Bonchev–Trinajstić information content (AvgIpc) is 2.40. The Kier molecular flexibility index (Phi) is 4.52. The maximum atomic E-state index is 12.7. The van der Waals surface area contributed by atoms with Crippen molar-refractivity contribution in [2.75, 3.05) is 25.0 Å². The minimum atomic E-state index is -0.311. The van der Waals surface area contributed by atoms with Gasteiger partial charge in [0.05, 0.1) is 0 Å². The Bertz CT molecular complexity index is 388. The summed E-state index contributed by atoms with van der Waals surface area (Å²) < 4.78 is 12.7. The Balaban J connectivity index is 1.73. The molecule has 1 saturated heterocycles. The Morgan fingerprint density at radius 1 is 1.39 bits per heavy atom. The summed E-state index contributed by atoms with van der Waals surface area (Å²) in [6.45, 7) is 2.69. The summed E-state index contributed by atoms with van der Waals surface area (Å²) in [5.74, 6) is 0.187. The lowest BCUT2D eigenvalue weighted by molar-refractivity contribution is 0.248. The monoisotopic (exact) mass is 251 g/mol. The van der Waals surface area contributed by atoms with Crippen LogP contribution in [-0.2, 0) is 0 Å². The van der Waals surface area contributed by atoms with Crippen LogP contribution in [0.15, 0.2) is 24.3 Å². The normalized spacial score (nSPS) is 19.3. The molecule has 0 radical (unpaired) electrons. The highest BCUT2D eigenvalue weighted by Gasteiger charge is 2.13. The summed E-state index contributed by atoms with van der Waals surface area (Å²) in [5.41, 5.74) is 0.593. The van der Waals surface area contributed by atoms with Crippen molar-refractivity contribution in [2.45, 2.75) is 12.8 Å². The van der Waals surface area contributed by atoms with Crippen molar-refractivity contribution >= 4 is 11.7 Å². The Morgan fingerprint density at radius 2 is 2.17 bits per heavy atom. The summed E-state index contributed by atoms with van der Waals surface area (Å²) in [4.78, 5) is 11.6. The molecular formula is C13H18FN3O. The number of anilines is 1. The van der Waals surface area contributed by atoms with Crippen LogP contribution in [-0.4, -0.2) is 25.7 Å². The maximum absolute atomic E-state index is 12.7. The van der Waals surface area contributed by atoms with E-state index in [9.17, 15) is 9.18 Å². The zero-order chi connectivity index (χ0) is 12.8. The van der Waals surface area contributed by atoms with Gasteiger partial charge in [0.1, 0.15) is 5.82 Å². The van der Waals surface area contributed by atoms with Crippen molar-refractivity contribution in [2.24, 2.45) is 5.92 Å². The molecule has 1 aliphatic rings. The van der Waals surface area contributed by atoms with Crippen LogP contribution in [0.3, 0.4) is 0 Å². The van der Waals surface area contributed by atoms with Crippen molar-refractivity contribution < 1.29 is 9.18 Å². The first-order valence-electron chi connectivity index (χ1n) is 6.25. The number of amides is 2. The molecule has 5 heteroatoms. The molecule has 0 bridgehead atoms. The standard InChI is InChI=1S/C13H18FN3O/c14-11-3-5-12(6-4-11)17-13(18)16-9-10-2-1-7-15-8-10/h3-6,10,15H,1-2,7-9H2,(H2,16,17,18). The van der Waals surface area contributed by atoms with Gasteiger partial charge >= 0.3 is 6.03 Å². The molecule has 98 valence electrons. The van der Waals surface area contributed by atoms with Gasteiger partial charge in [0.15, 0.2) is 0 Å². The van der Waals surface area contributed by atoms with E-state index in [1.165, 1.54) is 24.3 Å². The first kappa shape index (κ1) is 12.8. The molecule has 1 aromatic carbocycles. The third kappa shape index (κ3) is 4.00. The van der Waals surface area contributed by atoms with Crippen LogP contribution in [0, 0.1) is 11.7 Å². The minimum absolute atomic E-state index is 0.243. The lowest BCUT2D eigenvalue weighted by Crippen LogP contribution is -2.39. The van der Waals surface area contributed by atoms with Gasteiger partial charge in [-0.25, -0.2) is 9.18 Å². The largest absolute Gasteiger partial charge is 0.338 e. The van der Waals surface area contributed by atoms with Gasteiger partial charge in [-0.05, 0) is 56.1 Å². The van der Waals surface area contributed by atoms with E-state index in [1.54, 1.807) is 0 Å². The molecule has 0 saturated carbocycles. The second-order valence-corrected chi connectivity index (χ2v) is 4.55. The zero-order valence-corrected chi connectivity index (χ0v) is 10.2. The summed E-state index contributed by atoms with van der Waals surface area (Å²) in [7, 11) is 0. The second-order valence-electron chi connectivity index (χ2n) is 4.55. The predicted octanol–water partition coefficient (Wildman–Crippen LogP) is 1.95. The molecule has 3 N–H and O–H groups in total. The molecule has 18 heavy (non-hydrogen) atoms. The Morgan fingerprint density at radius 3 is 2.83 bits per heavy atom. The van der Waals surface area contributed by atoms with Gasteiger partial charge in [-0.15, -0.1) is 0 Å². The fraction of sp³-hybridized carbons (Fsp3) is 0.462. The van der Waals surface area contributed by atoms with E-state index in [0.717, 1.165) is 25.9 Å². The molecule has 1 aromatic rings. The average molecular weight is 251 g/mol. The molecule has 0 aliphatic carbocycles. The molecule has 1 atom stereocenters. The quantitative estimate of drug-likeness (QED) is 0.769. The summed E-state index contributed by atoms with van der Waals surface area (Å²) in [5, 5.41) is 8.80. The van der Waals surface area contributed by atoms with Crippen LogP contribution in [0.25, 0.3) is 0 Å². The van der Waals surface area contributed by atoms with E-state index in [0.29, 0.717) is 18.2 Å². The predicted molar refractivity (Wildman–Crippen MR) is 69.0 cm³/mol. The van der Waals surface area contributed by atoms with Crippen molar-refractivity contribution in [1.29, 1.82) is 0 Å². The molecule has 2 amide bonds. The molecule has 1 aliphatic heterocycles. The lowest BCUT2D eigenvalue weighted by atomic mass is 10.00. The molecule has 4 nitrogen and oxygen atoms in total. The fourth-order valence-electron chi connectivity index (χ4n) is 2.04. The van der Waals surface area contributed by atoms with Gasteiger partial charge in [-0.3, -0.25) is 0 Å². The van der Waals surface area contributed by atoms with Gasteiger partial charge in [0.25, 0.3) is 0 Å². The SMILES string of the molecule is O=C(NCC1CCCNC1)Nc1ccc(F)cc1. The number of hydrogen-bond donors (Lipinski definition) is 3. The highest BCUT2D eigenvalue weighted by atomic mass is 19.1. The van der Waals surface area contributed by atoms with Crippen LogP contribution >= 0.6 is 0 Å². The zero-order valence-electron chi connectivity index (χ0n) is 10.2. The van der Waals surface area contributed by atoms with Gasteiger partial charge in [-0.1, -0.05) is 0 Å². The van der Waals surface area contributed by atoms with Gasteiger partial charge in [-0.2, -0.15) is 0 Å². The van der Waals surface area contributed by atoms with Gasteiger partial charge in [0.2, 0.25) is 0 Å². The number of carbonyl (C=O) groups is 1. The Hall–Kier alpha value is -1.62. The molecule has 0 aromatic heterocycles. The van der Waals surface area contributed by atoms with E-state index in [1.807, 2.05) is 0 Å². The van der Waals surface area contributed by atoms with Crippen molar-refractivity contribution in [3.05, 3.63) is 30.1 Å². The Labute approximate surface area is 106 Å². The number of rotatable bonds is 3. The highest BCUT2D eigenvalue weighted by molar-refractivity contribution is 5.89. The summed E-state index contributed by atoms with van der Waals surface area (Å²) in [6.07, 6.45) is 2.30. The number of nitrogens with one attached hydrogen (secondary N) is 3. The number of carbonyl (C=O) groups excluding carboxylic acids is 1. The first-order valence-corrected chi connectivity index (χ1v) is 6.25. The van der Waals surface area contributed by atoms with Crippen LogP contribution in [0.5, 0.6) is 0 Å². The smallest absolute Gasteiger partial charge is 0.319 e. The summed E-state index contributed by atoms with van der Waals surface area (Å²) >= 11 is 0.